The maximum atomic E-state index is 10.4. The molecule has 1 aromatic heterocycles. The third-order valence-corrected chi connectivity index (χ3v) is 1.94. The second kappa shape index (κ2) is 2.36. The van der Waals surface area contributed by atoms with E-state index in [1.165, 1.54) is 16.8 Å². The topological polar surface area (TPSA) is 56.0 Å². The molecule has 1 heterocycles. The first kappa shape index (κ1) is 6.57. The van der Waals surface area contributed by atoms with E-state index in [-0.39, 0.29) is 5.69 Å². The molecule has 0 fully saturated rings. The molecule has 48 valence electrons. The van der Waals surface area contributed by atoms with Crippen molar-refractivity contribution in [2.45, 2.75) is 4.21 Å². The highest BCUT2D eigenvalue weighted by molar-refractivity contribution is 7.82. The molecule has 1 amide bonds. The molecule has 0 radical (unpaired) electrons. The molecular formula is C4H4N2OS2. The number of hydrogen-bond donors (Lipinski definition) is 2. The number of carbonyl (C=O) groups excluding carboxylic acids is 1. The van der Waals surface area contributed by atoms with Gasteiger partial charge in [-0.05, 0) is 0 Å². The Bertz CT molecular complexity index is 232. The minimum absolute atomic E-state index is 0.253. The summed E-state index contributed by atoms with van der Waals surface area (Å²) >= 11 is 5.23. The van der Waals surface area contributed by atoms with Gasteiger partial charge in [0.1, 0.15) is 0 Å². The predicted octanol–water partition coefficient (Wildman–Crippen LogP) is 0.531. The third kappa shape index (κ3) is 1.22. The highest BCUT2D eigenvalue weighted by Crippen LogP contribution is 2.16. The highest BCUT2D eigenvalue weighted by Gasteiger charge is 2.06. The number of nitrogens with two attached hydrogens (primary N) is 1. The van der Waals surface area contributed by atoms with Crippen molar-refractivity contribution in [3.05, 3.63) is 11.2 Å². The summed E-state index contributed by atoms with van der Waals surface area (Å²) in [7, 11) is 0. The Hall–Kier alpha value is -0.550. The summed E-state index contributed by atoms with van der Waals surface area (Å²) in [6.07, 6.45) is 0. The summed E-state index contributed by atoms with van der Waals surface area (Å²) < 4.78 is 0.572. The van der Waals surface area contributed by atoms with Gasteiger partial charge in [0.15, 0.2) is 5.69 Å². The van der Waals surface area contributed by atoms with Crippen molar-refractivity contribution in [3.8, 4) is 0 Å². The van der Waals surface area contributed by atoms with Crippen LogP contribution in [0, 0.1) is 0 Å². The summed E-state index contributed by atoms with van der Waals surface area (Å²) in [5.74, 6) is -0.527. The largest absolute Gasteiger partial charge is 0.364 e. The zero-order valence-corrected chi connectivity index (χ0v) is 6.08. The van der Waals surface area contributed by atoms with Gasteiger partial charge in [0.2, 0.25) is 0 Å². The summed E-state index contributed by atoms with van der Waals surface area (Å²) in [5.41, 5.74) is 6.70. The van der Waals surface area contributed by atoms with Gasteiger partial charge in [0, 0.05) is 0 Å². The van der Waals surface area contributed by atoms with Crippen molar-refractivity contribution in [3.63, 3.8) is 0 Å². The van der Waals surface area contributed by atoms with Gasteiger partial charge in [-0.3, -0.25) is 4.79 Å². The molecule has 0 aliphatic heterocycles. The minimum Gasteiger partial charge on any atom is -0.364 e. The molecule has 1 rings (SSSR count). The van der Waals surface area contributed by atoms with Crippen LogP contribution in [-0.4, -0.2) is 10.9 Å². The lowest BCUT2D eigenvalue weighted by Gasteiger charge is -1.85. The lowest BCUT2D eigenvalue weighted by molar-refractivity contribution is 0.0993. The third-order valence-electron chi connectivity index (χ3n) is 0.782. The second-order valence-electron chi connectivity index (χ2n) is 1.37. The smallest absolute Gasteiger partial charge is 0.269 e. The summed E-state index contributed by atoms with van der Waals surface area (Å²) in [5, 5.41) is 0. The SMILES string of the molecule is NC(=O)c1ncsc1S. The fraction of sp³-hybridized carbons (Fsp3) is 0. The Kier molecular flexibility index (Phi) is 1.73. The molecule has 0 aliphatic carbocycles. The summed E-state index contributed by atoms with van der Waals surface area (Å²) in [4.78, 5) is 14.1. The zero-order chi connectivity index (χ0) is 6.85. The molecule has 0 aromatic carbocycles. The Balaban J connectivity index is 3.08. The predicted molar refractivity (Wildman–Crippen MR) is 37.9 cm³/mol. The van der Waals surface area contributed by atoms with Crippen LogP contribution in [0.3, 0.4) is 0 Å². The number of thiazole rings is 1. The molecule has 9 heavy (non-hydrogen) atoms. The molecular weight excluding hydrogens is 156 g/mol. The molecule has 0 atom stereocenters. The van der Waals surface area contributed by atoms with Crippen LogP contribution in [0.15, 0.2) is 9.72 Å². The Morgan fingerprint density at radius 1 is 1.89 bits per heavy atom. The lowest BCUT2D eigenvalue weighted by Crippen LogP contribution is -2.11. The van der Waals surface area contributed by atoms with Crippen LogP contribution in [0.5, 0.6) is 0 Å². The normalized spacial score (nSPS) is 9.44. The van der Waals surface area contributed by atoms with Crippen LogP contribution in [-0.2, 0) is 0 Å². The fourth-order valence-electron chi connectivity index (χ4n) is 0.409. The van der Waals surface area contributed by atoms with Crippen LogP contribution in [0.2, 0.25) is 0 Å². The van der Waals surface area contributed by atoms with Gasteiger partial charge in [0.05, 0.1) is 9.72 Å². The first-order valence-electron chi connectivity index (χ1n) is 2.14. The number of carbonyl (C=O) groups is 1. The van der Waals surface area contributed by atoms with Gasteiger partial charge < -0.3 is 5.73 Å². The van der Waals surface area contributed by atoms with Crippen molar-refractivity contribution in [1.29, 1.82) is 0 Å². The number of rotatable bonds is 1. The number of hydrogen-bond acceptors (Lipinski definition) is 4. The highest BCUT2D eigenvalue weighted by atomic mass is 32.2. The number of primary amides is 1. The zero-order valence-electron chi connectivity index (χ0n) is 4.37. The Morgan fingerprint density at radius 3 is 2.78 bits per heavy atom. The second-order valence-corrected chi connectivity index (χ2v) is 2.97. The van der Waals surface area contributed by atoms with Gasteiger partial charge in [-0.1, -0.05) is 0 Å². The van der Waals surface area contributed by atoms with Crippen LogP contribution in [0.4, 0.5) is 0 Å². The summed E-state index contributed by atoms with van der Waals surface area (Å²) in [6, 6.07) is 0. The average molecular weight is 160 g/mol. The van der Waals surface area contributed by atoms with Gasteiger partial charge in [0.25, 0.3) is 5.91 Å². The van der Waals surface area contributed by atoms with E-state index in [9.17, 15) is 4.79 Å². The van der Waals surface area contributed by atoms with E-state index >= 15 is 0 Å². The molecule has 0 bridgehead atoms. The monoisotopic (exact) mass is 160 g/mol. The van der Waals surface area contributed by atoms with Crippen LogP contribution in [0.1, 0.15) is 10.5 Å². The Labute approximate surface area is 61.3 Å². The van der Waals surface area contributed by atoms with Gasteiger partial charge >= 0.3 is 0 Å². The van der Waals surface area contributed by atoms with Gasteiger partial charge in [-0.2, -0.15) is 0 Å². The first-order chi connectivity index (χ1) is 4.22. The van der Waals surface area contributed by atoms with Crippen LogP contribution >= 0.6 is 24.0 Å². The standard InChI is InChI=1S/C4H4N2OS2/c5-3(7)2-4(8)9-1-6-2/h1,8H,(H2,5,7). The number of nitrogens with zero attached hydrogens (tertiary/aromatic N) is 1. The number of thiol groups is 1. The molecule has 2 N–H and O–H groups in total. The molecule has 3 nitrogen and oxygen atoms in total. The fourth-order valence-corrected chi connectivity index (χ4v) is 1.24. The molecule has 1 aromatic rings. The van der Waals surface area contributed by atoms with Crippen molar-refractivity contribution in [2.75, 3.05) is 0 Å². The molecule has 0 spiro atoms. The molecule has 5 heteroatoms. The number of aromatic nitrogens is 1. The molecule has 0 saturated heterocycles. The molecule has 0 saturated carbocycles. The lowest BCUT2D eigenvalue weighted by atomic mass is 10.5. The average Bonchev–Trinajstić information content (AvgIpc) is 2.13. The maximum Gasteiger partial charge on any atom is 0.269 e. The van der Waals surface area contributed by atoms with Crippen LogP contribution in [0.25, 0.3) is 0 Å². The van der Waals surface area contributed by atoms with Crippen LogP contribution < -0.4 is 5.73 Å². The van der Waals surface area contributed by atoms with E-state index in [0.29, 0.717) is 4.21 Å². The van der Waals surface area contributed by atoms with E-state index in [2.05, 4.69) is 17.6 Å². The summed E-state index contributed by atoms with van der Waals surface area (Å²) in [6.45, 7) is 0. The quantitative estimate of drug-likeness (QED) is 0.589. The molecule has 0 unspecified atom stereocenters. The Morgan fingerprint density at radius 2 is 2.56 bits per heavy atom. The number of amides is 1. The molecule has 0 aliphatic rings. The maximum absolute atomic E-state index is 10.4. The van der Waals surface area contributed by atoms with Gasteiger partial charge in [-0.25, -0.2) is 4.98 Å². The van der Waals surface area contributed by atoms with E-state index in [1.807, 2.05) is 0 Å². The van der Waals surface area contributed by atoms with Crippen molar-refractivity contribution < 1.29 is 4.79 Å². The van der Waals surface area contributed by atoms with Crippen molar-refractivity contribution in [2.24, 2.45) is 5.73 Å². The minimum atomic E-state index is -0.527. The van der Waals surface area contributed by atoms with E-state index < -0.39 is 5.91 Å². The first-order valence-corrected chi connectivity index (χ1v) is 3.46. The van der Waals surface area contributed by atoms with Crippen molar-refractivity contribution >= 4 is 29.9 Å². The van der Waals surface area contributed by atoms with E-state index in [0.717, 1.165) is 0 Å². The van der Waals surface area contributed by atoms with Gasteiger partial charge in [-0.15, -0.1) is 24.0 Å². The van der Waals surface area contributed by atoms with Crippen molar-refractivity contribution in [1.82, 2.24) is 4.98 Å². The van der Waals surface area contributed by atoms with E-state index in [4.69, 9.17) is 5.73 Å². The van der Waals surface area contributed by atoms with E-state index in [1.54, 1.807) is 0 Å².